The zero-order valence-electron chi connectivity index (χ0n) is 10.5. The van der Waals surface area contributed by atoms with E-state index in [1.807, 2.05) is 7.05 Å². The number of rotatable bonds is 9. The molecule has 0 fully saturated rings. The third kappa shape index (κ3) is 9.89. The van der Waals surface area contributed by atoms with E-state index >= 15 is 0 Å². The first-order chi connectivity index (χ1) is 7.56. The summed E-state index contributed by atoms with van der Waals surface area (Å²) in [6.45, 7) is 4.70. The number of methoxy groups -OCH3 is 1. The van der Waals surface area contributed by atoms with Gasteiger partial charge < -0.3 is 20.1 Å². The second kappa shape index (κ2) is 9.57. The Bertz CT molecular complexity index is 186. The average molecular weight is 232 g/mol. The lowest BCUT2D eigenvalue weighted by atomic mass is 10.2. The van der Waals surface area contributed by atoms with Crippen LogP contribution < -0.4 is 5.32 Å². The second-order valence-corrected chi connectivity index (χ2v) is 4.03. The van der Waals surface area contributed by atoms with Gasteiger partial charge in [-0.3, -0.25) is 4.79 Å². The van der Waals surface area contributed by atoms with Crippen molar-refractivity contribution in [3.05, 3.63) is 0 Å². The molecule has 0 saturated carbocycles. The Morgan fingerprint density at radius 3 is 2.75 bits per heavy atom. The van der Waals surface area contributed by atoms with Crippen molar-refractivity contribution in [3.8, 4) is 0 Å². The van der Waals surface area contributed by atoms with Crippen molar-refractivity contribution in [2.75, 3.05) is 40.4 Å². The predicted octanol–water partition coefficient (Wildman–Crippen LogP) is -0.158. The van der Waals surface area contributed by atoms with Crippen LogP contribution in [0.4, 0.5) is 0 Å². The van der Waals surface area contributed by atoms with Crippen LogP contribution in [-0.4, -0.2) is 62.4 Å². The molecular formula is C11H24N2O3. The summed E-state index contributed by atoms with van der Waals surface area (Å²) in [6, 6.07) is 0. The lowest BCUT2D eigenvalue weighted by Crippen LogP contribution is -2.34. The normalized spacial score (nSPS) is 12.8. The molecule has 0 rings (SSSR count). The maximum atomic E-state index is 11.3. The molecule has 16 heavy (non-hydrogen) atoms. The highest BCUT2D eigenvalue weighted by Gasteiger charge is 2.04. The molecule has 5 nitrogen and oxygen atoms in total. The van der Waals surface area contributed by atoms with E-state index in [1.54, 1.807) is 14.0 Å². The third-order valence-electron chi connectivity index (χ3n) is 2.28. The molecule has 5 heteroatoms. The van der Waals surface area contributed by atoms with Crippen molar-refractivity contribution in [2.24, 2.45) is 0 Å². The van der Waals surface area contributed by atoms with E-state index in [0.29, 0.717) is 26.0 Å². The Morgan fingerprint density at radius 1 is 1.50 bits per heavy atom. The van der Waals surface area contributed by atoms with Crippen molar-refractivity contribution in [2.45, 2.75) is 25.9 Å². The average Bonchev–Trinajstić information content (AvgIpc) is 2.23. The smallest absolute Gasteiger partial charge is 0.220 e. The van der Waals surface area contributed by atoms with Gasteiger partial charge in [0.05, 0.1) is 12.7 Å². The lowest BCUT2D eigenvalue weighted by Gasteiger charge is -2.16. The highest BCUT2D eigenvalue weighted by atomic mass is 16.5. The molecule has 1 amide bonds. The molecule has 0 aromatic heterocycles. The Labute approximate surface area is 97.8 Å². The van der Waals surface area contributed by atoms with Gasteiger partial charge in [-0.1, -0.05) is 0 Å². The molecule has 0 heterocycles. The Kier molecular flexibility index (Phi) is 9.18. The monoisotopic (exact) mass is 232 g/mol. The number of carbonyl (C=O) groups is 1. The SMILES string of the molecule is COCCN(C)CCNC(=O)CCC(C)O. The van der Waals surface area contributed by atoms with E-state index in [9.17, 15) is 4.79 Å². The molecule has 0 bridgehead atoms. The number of aliphatic hydroxyl groups excluding tert-OH is 1. The number of nitrogens with zero attached hydrogens (tertiary/aromatic N) is 1. The summed E-state index contributed by atoms with van der Waals surface area (Å²) in [5.74, 6) is 0.000964. The topological polar surface area (TPSA) is 61.8 Å². The molecule has 96 valence electrons. The summed E-state index contributed by atoms with van der Waals surface area (Å²) in [7, 11) is 3.66. The molecule has 2 N–H and O–H groups in total. The molecule has 1 atom stereocenters. The summed E-state index contributed by atoms with van der Waals surface area (Å²) in [6.07, 6.45) is 0.500. The zero-order chi connectivity index (χ0) is 12.4. The number of hydrogen-bond donors (Lipinski definition) is 2. The van der Waals surface area contributed by atoms with Crippen molar-refractivity contribution in [1.82, 2.24) is 10.2 Å². The van der Waals surface area contributed by atoms with Gasteiger partial charge in [-0.15, -0.1) is 0 Å². The number of nitrogens with one attached hydrogen (secondary N) is 1. The maximum absolute atomic E-state index is 11.3. The largest absolute Gasteiger partial charge is 0.393 e. The standard InChI is InChI=1S/C11H24N2O3/c1-10(14)4-5-11(15)12-6-7-13(2)8-9-16-3/h10,14H,4-9H2,1-3H3,(H,12,15). The van der Waals surface area contributed by atoms with Crippen LogP contribution in [-0.2, 0) is 9.53 Å². The van der Waals surface area contributed by atoms with Gasteiger partial charge in [-0.25, -0.2) is 0 Å². The first-order valence-electron chi connectivity index (χ1n) is 5.68. The third-order valence-corrected chi connectivity index (χ3v) is 2.28. The van der Waals surface area contributed by atoms with Crippen molar-refractivity contribution in [1.29, 1.82) is 0 Å². The van der Waals surface area contributed by atoms with E-state index in [2.05, 4.69) is 10.2 Å². The van der Waals surface area contributed by atoms with Gasteiger partial charge in [0.2, 0.25) is 5.91 Å². The van der Waals surface area contributed by atoms with E-state index in [1.165, 1.54) is 0 Å². The molecule has 0 radical (unpaired) electrons. The number of amides is 1. The Balaban J connectivity index is 3.39. The van der Waals surface area contributed by atoms with Gasteiger partial charge in [0, 0.05) is 33.2 Å². The van der Waals surface area contributed by atoms with Gasteiger partial charge in [-0.2, -0.15) is 0 Å². The number of hydrogen-bond acceptors (Lipinski definition) is 4. The van der Waals surface area contributed by atoms with E-state index in [0.717, 1.165) is 13.1 Å². The van der Waals surface area contributed by atoms with E-state index in [4.69, 9.17) is 9.84 Å². The zero-order valence-corrected chi connectivity index (χ0v) is 10.5. The van der Waals surface area contributed by atoms with Crippen LogP contribution in [0.25, 0.3) is 0 Å². The van der Waals surface area contributed by atoms with Crippen LogP contribution in [0.15, 0.2) is 0 Å². The Morgan fingerprint density at radius 2 is 2.19 bits per heavy atom. The summed E-state index contributed by atoms with van der Waals surface area (Å²) in [5.41, 5.74) is 0. The molecular weight excluding hydrogens is 208 g/mol. The van der Waals surface area contributed by atoms with Crippen LogP contribution in [0, 0.1) is 0 Å². The molecule has 0 spiro atoms. The van der Waals surface area contributed by atoms with Gasteiger partial charge >= 0.3 is 0 Å². The predicted molar refractivity (Wildman–Crippen MR) is 63.3 cm³/mol. The summed E-state index contributed by atoms with van der Waals surface area (Å²) in [4.78, 5) is 13.4. The fourth-order valence-electron chi connectivity index (χ4n) is 1.17. The molecule has 0 aromatic carbocycles. The molecule has 0 aromatic rings. The summed E-state index contributed by atoms with van der Waals surface area (Å²) in [5, 5.41) is 11.8. The van der Waals surface area contributed by atoms with Crippen molar-refractivity contribution in [3.63, 3.8) is 0 Å². The quantitative estimate of drug-likeness (QED) is 0.580. The minimum absolute atomic E-state index is 0.000964. The van der Waals surface area contributed by atoms with E-state index in [-0.39, 0.29) is 5.91 Å². The van der Waals surface area contributed by atoms with E-state index < -0.39 is 6.10 Å². The number of ether oxygens (including phenoxy) is 1. The van der Waals surface area contributed by atoms with Gasteiger partial charge in [0.25, 0.3) is 0 Å². The maximum Gasteiger partial charge on any atom is 0.220 e. The van der Waals surface area contributed by atoms with Crippen LogP contribution in [0.1, 0.15) is 19.8 Å². The fourth-order valence-corrected chi connectivity index (χ4v) is 1.17. The summed E-state index contributed by atoms with van der Waals surface area (Å²) >= 11 is 0. The highest BCUT2D eigenvalue weighted by molar-refractivity contribution is 5.75. The molecule has 0 aliphatic rings. The first-order valence-corrected chi connectivity index (χ1v) is 5.68. The molecule has 1 unspecified atom stereocenters. The van der Waals surface area contributed by atoms with Crippen LogP contribution in [0.3, 0.4) is 0 Å². The minimum Gasteiger partial charge on any atom is -0.393 e. The number of carbonyl (C=O) groups excluding carboxylic acids is 1. The van der Waals surface area contributed by atoms with Gasteiger partial charge in [0.1, 0.15) is 0 Å². The Hall–Kier alpha value is -0.650. The van der Waals surface area contributed by atoms with Gasteiger partial charge in [-0.05, 0) is 20.4 Å². The second-order valence-electron chi connectivity index (χ2n) is 4.03. The highest BCUT2D eigenvalue weighted by Crippen LogP contribution is 1.94. The fraction of sp³-hybridized carbons (Fsp3) is 0.909. The van der Waals surface area contributed by atoms with Crippen molar-refractivity contribution < 1.29 is 14.6 Å². The van der Waals surface area contributed by atoms with Crippen LogP contribution >= 0.6 is 0 Å². The number of likely N-dealkylation sites (N-methyl/N-ethyl adjacent to an activating group) is 1. The first kappa shape index (κ1) is 15.3. The number of aliphatic hydroxyl groups is 1. The summed E-state index contributed by atoms with van der Waals surface area (Å²) < 4.78 is 4.95. The van der Waals surface area contributed by atoms with Crippen LogP contribution in [0.2, 0.25) is 0 Å². The lowest BCUT2D eigenvalue weighted by molar-refractivity contribution is -0.121. The van der Waals surface area contributed by atoms with Crippen LogP contribution in [0.5, 0.6) is 0 Å². The molecule has 0 saturated heterocycles. The molecule has 0 aliphatic carbocycles. The minimum atomic E-state index is -0.407. The van der Waals surface area contributed by atoms with Gasteiger partial charge in [0.15, 0.2) is 0 Å². The van der Waals surface area contributed by atoms with Crippen molar-refractivity contribution >= 4 is 5.91 Å². The molecule has 0 aliphatic heterocycles.